The molecule has 12 unspecified atom stereocenters. The highest BCUT2D eigenvalue weighted by Gasteiger charge is 2.25. The first kappa shape index (κ1) is 119. The minimum atomic E-state index is -0.668. The molecule has 135 heavy (non-hydrogen) atoms. The van der Waals surface area contributed by atoms with E-state index in [0.717, 1.165) is 81.6 Å². The number of carbonyl (C=O) groups excluding carboxylic acids is 3. The van der Waals surface area contributed by atoms with E-state index in [1.54, 1.807) is 69.3 Å². The number of phenolic OH excluding ortho intramolecular Hbond substituents is 3. The van der Waals surface area contributed by atoms with Crippen LogP contribution in [0.3, 0.4) is 0 Å². The van der Waals surface area contributed by atoms with E-state index in [0.29, 0.717) is 100 Å². The van der Waals surface area contributed by atoms with Crippen LogP contribution in [0.2, 0.25) is 0 Å². The Bertz CT molecular complexity index is 4420. The van der Waals surface area contributed by atoms with Crippen LogP contribution in [0.15, 0.2) is 218 Å². The van der Waals surface area contributed by atoms with Crippen LogP contribution in [-0.2, 0) is 28.5 Å². The summed E-state index contributed by atoms with van der Waals surface area (Å²) in [5.74, 6) is 10.2. The largest absolute Gasteiger partial charge is 0.514 e. The Morgan fingerprint density at radius 2 is 0.585 bits per heavy atom. The van der Waals surface area contributed by atoms with Crippen molar-refractivity contribution in [2.45, 2.75) is 387 Å². The third-order valence-corrected chi connectivity index (χ3v) is 24.6. The molecule has 2 fully saturated rings. The predicted octanol–water partition coefficient (Wildman–Crippen LogP) is 33.8. The Hall–Kier alpha value is -10.1. The monoisotopic (exact) mass is 1860 g/mol. The van der Waals surface area contributed by atoms with Gasteiger partial charge < -0.3 is 62.7 Å². The molecule has 1 aliphatic heterocycles. The quantitative estimate of drug-likeness (QED) is 0.0160. The van der Waals surface area contributed by atoms with Gasteiger partial charge in [0.25, 0.3) is 0 Å². The molecule has 16 heteroatoms. The smallest absolute Gasteiger partial charge is 0.508 e. The Kier molecular flexibility index (Phi) is 57.8. The molecule has 16 nitrogen and oxygen atoms in total. The third kappa shape index (κ3) is 50.0. The maximum absolute atomic E-state index is 11.7. The summed E-state index contributed by atoms with van der Waals surface area (Å²) >= 11 is 0. The topological polar surface area (TPSA) is 204 Å². The zero-order chi connectivity index (χ0) is 101. The second kappa shape index (κ2) is 65.6. The van der Waals surface area contributed by atoms with Gasteiger partial charge in [-0.2, -0.15) is 0 Å². The summed E-state index contributed by atoms with van der Waals surface area (Å²) in [6.07, 6.45) is 19.3. The van der Waals surface area contributed by atoms with Gasteiger partial charge >= 0.3 is 18.1 Å². The first-order chi connectivity index (χ1) is 64.1. The summed E-state index contributed by atoms with van der Waals surface area (Å²) in [5, 5.41) is 27.0. The van der Waals surface area contributed by atoms with E-state index >= 15 is 0 Å². The molecule has 11 rings (SSSR count). The number of carbonyl (C=O) groups is 3. The van der Waals surface area contributed by atoms with Crippen LogP contribution < -0.4 is 28.4 Å². The Morgan fingerprint density at radius 3 is 0.844 bits per heavy atom. The van der Waals surface area contributed by atoms with Crippen LogP contribution in [-0.4, -0.2) is 77.2 Å². The minimum Gasteiger partial charge on any atom is -0.508 e. The van der Waals surface area contributed by atoms with Crippen LogP contribution in [0, 0.1) is 5.41 Å². The fourth-order valence-corrected chi connectivity index (χ4v) is 13.6. The van der Waals surface area contributed by atoms with Gasteiger partial charge in [0, 0.05) is 20.0 Å². The molecule has 0 spiro atoms. The first-order valence-electron chi connectivity index (χ1n) is 50.3. The van der Waals surface area contributed by atoms with Gasteiger partial charge in [-0.1, -0.05) is 253 Å². The number of rotatable bonds is 31. The fraction of sp³-hybridized carbons (Fsp3) is 0.521. The number of esters is 2. The van der Waals surface area contributed by atoms with E-state index in [4.69, 9.17) is 62.7 Å². The molecule has 0 radical (unpaired) electrons. The summed E-state index contributed by atoms with van der Waals surface area (Å²) < 4.78 is 54.5. The maximum atomic E-state index is 11.7. The zero-order valence-electron chi connectivity index (χ0n) is 87.9. The molecule has 746 valence electrons. The van der Waals surface area contributed by atoms with Crippen molar-refractivity contribution in [3.63, 3.8) is 0 Å². The Labute approximate surface area is 816 Å². The van der Waals surface area contributed by atoms with Crippen molar-refractivity contribution in [3.05, 3.63) is 268 Å². The van der Waals surface area contributed by atoms with Crippen LogP contribution in [0.5, 0.6) is 51.7 Å². The molecule has 1 aliphatic carbocycles. The standard InChI is InChI=1S/C18H28O2.C15H22O3.2C15H22O2.C14H22O2.C12H16O2.3C10H14O/c1-4-14(2)16-10-12-18(13-11-16)20-15(3)19-17-8-6-5-7-9-17;1-6-11(2)12-7-9-13(10-8-12)17-14(16)18-15(3,4)5;1-3-12(2)13-7-9-14(10-8-13)17-15-6-4-5-11-16-15;1-6-11(2)12-7-9-13(10-8-12)17-14(16)15(3,4)5;1-5-11(3)13-7-9-14(10-8-13)16-12(4)15-6-2;1-4-9(2)11-5-7-12(8-6-11)14-10(3)13;3*1-3-8(2)9-4-6-10(11)7-5-9/h10-15,17H,4-9H2,1-3H3;7-11H,6H2,1-5H3;7-10,12,15H,3-6,11H2,1-2H3;7-11H,6H2,1-5H3;7-12H,5-6H2,1-4H3;5-9H,4H2,1-3H3;3*4-8,11H,3H2,1-2H3. The molecule has 9 aromatic carbocycles. The summed E-state index contributed by atoms with van der Waals surface area (Å²) in [6, 6.07) is 70.5. The molecule has 0 aromatic heterocycles. The Balaban J connectivity index is 0.000000394. The summed E-state index contributed by atoms with van der Waals surface area (Å²) in [5.41, 5.74) is 10.8. The maximum Gasteiger partial charge on any atom is 0.514 e. The van der Waals surface area contributed by atoms with E-state index in [9.17, 15) is 14.4 Å². The number of benzene rings is 9. The molecule has 0 bridgehead atoms. The lowest BCUT2D eigenvalue weighted by atomic mass is 9.97. The van der Waals surface area contributed by atoms with Crippen molar-refractivity contribution in [1.29, 1.82) is 0 Å². The van der Waals surface area contributed by atoms with Gasteiger partial charge in [-0.25, -0.2) is 4.79 Å². The van der Waals surface area contributed by atoms with Gasteiger partial charge in [0.2, 0.25) is 0 Å². The van der Waals surface area contributed by atoms with E-state index in [-0.39, 0.29) is 30.8 Å². The Morgan fingerprint density at radius 1 is 0.326 bits per heavy atom. The molecular formula is C119H174O16. The van der Waals surface area contributed by atoms with E-state index < -0.39 is 17.2 Å². The van der Waals surface area contributed by atoms with Crippen molar-refractivity contribution >= 4 is 18.1 Å². The molecule has 9 aromatic rings. The summed E-state index contributed by atoms with van der Waals surface area (Å²) in [7, 11) is 0. The van der Waals surface area contributed by atoms with Gasteiger partial charge in [-0.3, -0.25) is 9.59 Å². The van der Waals surface area contributed by atoms with Crippen molar-refractivity contribution in [3.8, 4) is 51.7 Å². The number of aromatic hydroxyl groups is 3. The molecule has 2 aliphatic rings. The molecule has 0 amide bonds. The average molecular weight is 1860 g/mol. The van der Waals surface area contributed by atoms with Gasteiger partial charge in [-0.15, -0.1) is 0 Å². The molecule has 1 heterocycles. The first-order valence-corrected chi connectivity index (χ1v) is 50.3. The number of hydrogen-bond donors (Lipinski definition) is 3. The van der Waals surface area contributed by atoms with E-state index in [1.807, 2.05) is 151 Å². The number of hydrogen-bond acceptors (Lipinski definition) is 16. The van der Waals surface area contributed by atoms with Crippen molar-refractivity contribution < 1.29 is 77.1 Å². The highest BCUT2D eigenvalue weighted by molar-refractivity contribution is 5.78. The van der Waals surface area contributed by atoms with Crippen LogP contribution >= 0.6 is 0 Å². The van der Waals surface area contributed by atoms with E-state index in [2.05, 4.69) is 185 Å². The van der Waals surface area contributed by atoms with Gasteiger partial charge in [0.05, 0.1) is 18.1 Å². The predicted molar refractivity (Wildman–Crippen MR) is 559 cm³/mol. The lowest BCUT2D eigenvalue weighted by Gasteiger charge is -2.26. The lowest BCUT2D eigenvalue weighted by molar-refractivity contribution is -0.143. The highest BCUT2D eigenvalue weighted by Crippen LogP contribution is 2.32. The summed E-state index contributed by atoms with van der Waals surface area (Å²) in [4.78, 5) is 33.8. The van der Waals surface area contributed by atoms with Gasteiger partial charge in [0.15, 0.2) is 18.9 Å². The summed E-state index contributed by atoms with van der Waals surface area (Å²) in [6.45, 7) is 59.2. The lowest BCUT2D eigenvalue weighted by Crippen LogP contribution is -2.26. The molecule has 12 atom stereocenters. The zero-order valence-corrected chi connectivity index (χ0v) is 87.9. The van der Waals surface area contributed by atoms with Gasteiger partial charge in [0.1, 0.15) is 57.3 Å². The highest BCUT2D eigenvalue weighted by atomic mass is 16.7. The SMILES string of the molecule is CCC(C)c1ccc(O)cc1.CCC(C)c1ccc(O)cc1.CCC(C)c1ccc(O)cc1.CCC(C)c1ccc(OC(=O)C(C)(C)C)cc1.CCC(C)c1ccc(OC(=O)OC(C)(C)C)cc1.CCC(C)c1ccc(OC(C)=O)cc1.CCC(C)c1ccc(OC(C)OC2CCCCC2)cc1.CCC(C)c1ccc(OC2CCCCO2)cc1.CCOC(C)Oc1ccc(C(C)CC)cc1. The molecule has 1 saturated heterocycles. The van der Waals surface area contributed by atoms with E-state index in [1.165, 1.54) is 108 Å². The molecular weight excluding hydrogens is 1690 g/mol. The number of ether oxygens (including phenoxy) is 10. The second-order valence-electron chi connectivity index (χ2n) is 37.9. The van der Waals surface area contributed by atoms with Crippen LogP contribution in [0.4, 0.5) is 4.79 Å². The van der Waals surface area contributed by atoms with Crippen molar-refractivity contribution in [2.75, 3.05) is 13.2 Å². The molecule has 3 N–H and O–H groups in total. The number of phenols is 3. The van der Waals surface area contributed by atoms with Gasteiger partial charge in [-0.05, 0) is 358 Å². The minimum absolute atomic E-state index is 0.0433. The van der Waals surface area contributed by atoms with Crippen molar-refractivity contribution in [2.24, 2.45) is 5.41 Å². The second-order valence-corrected chi connectivity index (χ2v) is 37.9. The third-order valence-electron chi connectivity index (χ3n) is 24.6. The fourth-order valence-electron chi connectivity index (χ4n) is 13.6. The van der Waals surface area contributed by atoms with Crippen molar-refractivity contribution in [1.82, 2.24) is 0 Å². The molecule has 1 saturated carbocycles. The van der Waals surface area contributed by atoms with Crippen LogP contribution in [0.25, 0.3) is 0 Å². The van der Waals surface area contributed by atoms with Crippen LogP contribution in [0.1, 0.15) is 406 Å². The normalized spacial score (nSPS) is 15.2. The average Bonchev–Trinajstić information content (AvgIpc) is 0.787.